The fraction of sp³-hybridized carbons (Fsp3) is 0.143. The van der Waals surface area contributed by atoms with Crippen molar-refractivity contribution in [2.45, 2.75) is 19.3 Å². The van der Waals surface area contributed by atoms with E-state index in [1.807, 2.05) is 0 Å². The van der Waals surface area contributed by atoms with Crippen molar-refractivity contribution >= 4 is 11.6 Å². The van der Waals surface area contributed by atoms with Gasteiger partial charge >= 0.3 is 5.76 Å². The molecule has 9 heteroatoms. The molecule has 5 rings (SSSR count). The van der Waals surface area contributed by atoms with Crippen molar-refractivity contribution in [1.82, 2.24) is 19.9 Å². The molecule has 1 amide bonds. The van der Waals surface area contributed by atoms with Crippen LogP contribution in [0.1, 0.15) is 28.2 Å². The molecule has 0 radical (unpaired) electrons. The highest BCUT2D eigenvalue weighted by Crippen LogP contribution is 2.29. The van der Waals surface area contributed by atoms with Gasteiger partial charge in [-0.1, -0.05) is 29.4 Å². The predicted molar refractivity (Wildman–Crippen MR) is 106 cm³/mol. The Morgan fingerprint density at radius 1 is 1.17 bits per heavy atom. The molecule has 2 N–H and O–H groups in total. The zero-order valence-corrected chi connectivity index (χ0v) is 15.7. The summed E-state index contributed by atoms with van der Waals surface area (Å²) in [5.74, 6) is -1.17. The standard InChI is InChI=1S/C21H16FN5O3/c22-15-8-1-2-9-17(15)27-16-10-4-7-14(16)18(25-27)20(28)23-13-6-3-5-12(11-13)19-24-21(29)30-26-19/h1-3,5-6,8-9,11H,4,7,10H2,(H,23,28)(H,24,26,29). The summed E-state index contributed by atoms with van der Waals surface area (Å²) in [5, 5.41) is 10.9. The number of carbonyl (C=O) groups excluding carboxylic acids is 1. The Morgan fingerprint density at radius 3 is 2.83 bits per heavy atom. The number of fused-ring (bicyclic) bond motifs is 1. The predicted octanol–water partition coefficient (Wildman–Crippen LogP) is 3.10. The van der Waals surface area contributed by atoms with Crippen LogP contribution in [0.25, 0.3) is 17.1 Å². The van der Waals surface area contributed by atoms with Crippen LogP contribution in [0, 0.1) is 5.82 Å². The Kier molecular flexibility index (Phi) is 4.27. The fourth-order valence-electron chi connectivity index (χ4n) is 3.73. The van der Waals surface area contributed by atoms with Crippen LogP contribution in [-0.4, -0.2) is 25.8 Å². The van der Waals surface area contributed by atoms with Crippen LogP contribution < -0.4 is 11.1 Å². The highest BCUT2D eigenvalue weighted by Gasteiger charge is 2.27. The number of H-pyrrole nitrogens is 1. The first-order valence-electron chi connectivity index (χ1n) is 9.43. The lowest BCUT2D eigenvalue weighted by atomic mass is 10.1. The Labute approximate surface area is 169 Å². The van der Waals surface area contributed by atoms with Crippen molar-refractivity contribution in [1.29, 1.82) is 0 Å². The molecule has 0 spiro atoms. The first-order valence-corrected chi connectivity index (χ1v) is 9.43. The number of aromatic nitrogens is 4. The van der Waals surface area contributed by atoms with E-state index in [-0.39, 0.29) is 17.4 Å². The molecule has 1 aliphatic carbocycles. The molecule has 1 aliphatic rings. The van der Waals surface area contributed by atoms with Gasteiger partial charge in [0.1, 0.15) is 11.5 Å². The van der Waals surface area contributed by atoms with Gasteiger partial charge in [0.2, 0.25) is 0 Å². The van der Waals surface area contributed by atoms with Gasteiger partial charge in [0, 0.05) is 22.5 Å². The number of carbonyl (C=O) groups is 1. The van der Waals surface area contributed by atoms with Crippen LogP contribution in [0.3, 0.4) is 0 Å². The monoisotopic (exact) mass is 405 g/mol. The zero-order chi connectivity index (χ0) is 20.7. The quantitative estimate of drug-likeness (QED) is 0.543. The third-order valence-corrected chi connectivity index (χ3v) is 5.06. The lowest BCUT2D eigenvalue weighted by Gasteiger charge is -2.07. The number of hydrogen-bond acceptors (Lipinski definition) is 5. The van der Waals surface area contributed by atoms with E-state index in [4.69, 9.17) is 0 Å². The van der Waals surface area contributed by atoms with Gasteiger partial charge in [-0.2, -0.15) is 5.10 Å². The Hall–Kier alpha value is -4.01. The second-order valence-electron chi connectivity index (χ2n) is 6.97. The highest BCUT2D eigenvalue weighted by molar-refractivity contribution is 6.04. The minimum Gasteiger partial charge on any atom is -0.321 e. The van der Waals surface area contributed by atoms with E-state index in [9.17, 15) is 14.0 Å². The summed E-state index contributed by atoms with van der Waals surface area (Å²) in [7, 11) is 0. The van der Waals surface area contributed by atoms with Gasteiger partial charge in [-0.25, -0.2) is 13.9 Å². The maximum Gasteiger partial charge on any atom is 0.439 e. The molecule has 0 aliphatic heterocycles. The molecule has 30 heavy (non-hydrogen) atoms. The van der Waals surface area contributed by atoms with Crippen LogP contribution in [0.4, 0.5) is 10.1 Å². The van der Waals surface area contributed by atoms with Crippen molar-refractivity contribution in [2.75, 3.05) is 5.32 Å². The van der Waals surface area contributed by atoms with Crippen LogP contribution in [-0.2, 0) is 12.8 Å². The van der Waals surface area contributed by atoms with Crippen molar-refractivity contribution in [2.24, 2.45) is 0 Å². The molecule has 8 nitrogen and oxygen atoms in total. The third kappa shape index (κ3) is 3.10. The summed E-state index contributed by atoms with van der Waals surface area (Å²) < 4.78 is 20.4. The second kappa shape index (κ2) is 7.11. The van der Waals surface area contributed by atoms with Gasteiger partial charge in [0.05, 0.1) is 0 Å². The van der Waals surface area contributed by atoms with E-state index >= 15 is 0 Å². The lowest BCUT2D eigenvalue weighted by molar-refractivity contribution is 0.102. The van der Waals surface area contributed by atoms with Crippen molar-refractivity contribution in [3.63, 3.8) is 0 Å². The molecule has 0 unspecified atom stereocenters. The average molecular weight is 405 g/mol. The van der Waals surface area contributed by atoms with Crippen LogP contribution in [0.5, 0.6) is 0 Å². The van der Waals surface area contributed by atoms with E-state index in [1.54, 1.807) is 42.5 Å². The van der Waals surface area contributed by atoms with Gasteiger partial charge < -0.3 is 5.32 Å². The van der Waals surface area contributed by atoms with E-state index in [0.29, 0.717) is 23.4 Å². The number of aromatic amines is 1. The molecular weight excluding hydrogens is 389 g/mol. The van der Waals surface area contributed by atoms with Gasteiger partial charge in [0.25, 0.3) is 5.91 Å². The molecule has 0 fully saturated rings. The number of nitrogens with one attached hydrogen (secondary N) is 2. The molecule has 2 aromatic carbocycles. The van der Waals surface area contributed by atoms with E-state index in [1.165, 1.54) is 10.7 Å². The first-order chi connectivity index (χ1) is 14.6. The minimum atomic E-state index is -0.659. The summed E-state index contributed by atoms with van der Waals surface area (Å²) in [4.78, 5) is 26.6. The summed E-state index contributed by atoms with van der Waals surface area (Å²) >= 11 is 0. The largest absolute Gasteiger partial charge is 0.439 e. The van der Waals surface area contributed by atoms with Gasteiger partial charge in [-0.15, -0.1) is 0 Å². The Bertz CT molecular complexity index is 1320. The molecule has 0 bridgehead atoms. The maximum atomic E-state index is 14.3. The van der Waals surface area contributed by atoms with Crippen molar-refractivity contribution in [3.8, 4) is 17.1 Å². The number of benzene rings is 2. The number of para-hydroxylation sites is 1. The normalized spacial score (nSPS) is 12.7. The molecule has 0 atom stereocenters. The van der Waals surface area contributed by atoms with Crippen LogP contribution in [0.15, 0.2) is 57.8 Å². The molecule has 150 valence electrons. The molecule has 2 aromatic heterocycles. The van der Waals surface area contributed by atoms with Crippen molar-refractivity contribution in [3.05, 3.63) is 81.9 Å². The summed E-state index contributed by atoms with van der Waals surface area (Å²) in [6, 6.07) is 13.2. The van der Waals surface area contributed by atoms with E-state index in [2.05, 4.69) is 25.1 Å². The maximum absolute atomic E-state index is 14.3. The number of nitrogens with zero attached hydrogens (tertiary/aromatic N) is 3. The van der Waals surface area contributed by atoms with Crippen LogP contribution in [0.2, 0.25) is 0 Å². The summed E-state index contributed by atoms with van der Waals surface area (Å²) in [5.41, 5.74) is 3.40. The molecular formula is C21H16FN5O3. The molecule has 4 aromatic rings. The number of anilines is 1. The number of rotatable bonds is 4. The number of halogens is 1. The van der Waals surface area contributed by atoms with E-state index < -0.39 is 11.6 Å². The topological polar surface area (TPSA) is 106 Å². The minimum absolute atomic E-state index is 0.265. The summed E-state index contributed by atoms with van der Waals surface area (Å²) in [6.07, 6.45) is 2.34. The molecule has 0 saturated carbocycles. The van der Waals surface area contributed by atoms with E-state index in [0.717, 1.165) is 24.1 Å². The average Bonchev–Trinajstić information content (AvgIpc) is 3.45. The van der Waals surface area contributed by atoms with Gasteiger partial charge in [-0.05, 0) is 43.5 Å². The Morgan fingerprint density at radius 2 is 2.03 bits per heavy atom. The first kappa shape index (κ1) is 18.0. The van der Waals surface area contributed by atoms with Crippen molar-refractivity contribution < 1.29 is 13.7 Å². The second-order valence-corrected chi connectivity index (χ2v) is 6.97. The number of hydrogen-bond donors (Lipinski definition) is 2. The fourth-order valence-corrected chi connectivity index (χ4v) is 3.73. The smallest absolute Gasteiger partial charge is 0.321 e. The SMILES string of the molecule is O=C(Nc1cccc(-c2noc(=O)[nH]2)c1)c1nn(-c2ccccc2F)c2c1CCC2. The zero-order valence-electron chi connectivity index (χ0n) is 15.7. The molecule has 2 heterocycles. The van der Waals surface area contributed by atoms with Gasteiger partial charge in [-0.3, -0.25) is 14.3 Å². The molecule has 0 saturated heterocycles. The highest BCUT2D eigenvalue weighted by atomic mass is 19.1. The third-order valence-electron chi connectivity index (χ3n) is 5.06. The lowest BCUT2D eigenvalue weighted by Crippen LogP contribution is -2.15. The van der Waals surface area contributed by atoms with Gasteiger partial charge in [0.15, 0.2) is 11.5 Å². The number of amides is 1. The Balaban J connectivity index is 1.47. The summed E-state index contributed by atoms with van der Waals surface area (Å²) in [6.45, 7) is 0. The van der Waals surface area contributed by atoms with Crippen LogP contribution >= 0.6 is 0 Å².